The van der Waals surface area contributed by atoms with E-state index < -0.39 is 6.09 Å². The maximum absolute atomic E-state index is 12.3. The summed E-state index contributed by atoms with van der Waals surface area (Å²) in [5.41, 5.74) is 3.58. The van der Waals surface area contributed by atoms with Crippen molar-refractivity contribution in [2.24, 2.45) is 0 Å². The number of carbonyl (C=O) groups excluding carboxylic acids is 1. The van der Waals surface area contributed by atoms with E-state index in [2.05, 4.69) is 9.97 Å². The molecule has 0 fully saturated rings. The molecule has 0 radical (unpaired) electrons. The number of rotatable bonds is 2. The molecule has 0 atom stereocenters. The number of nitrogens with zero attached hydrogens (tertiary/aromatic N) is 1. The minimum absolute atomic E-state index is 0.422. The zero-order valence-electron chi connectivity index (χ0n) is 12.5. The highest BCUT2D eigenvalue weighted by atomic mass is 16.5. The van der Waals surface area contributed by atoms with Crippen LogP contribution in [0.25, 0.3) is 21.8 Å². The van der Waals surface area contributed by atoms with Crippen molar-refractivity contribution in [2.75, 3.05) is 12.0 Å². The molecule has 0 saturated carbocycles. The third-order valence-electron chi connectivity index (χ3n) is 3.95. The summed E-state index contributed by atoms with van der Waals surface area (Å²) in [6.07, 6.45) is 3.33. The number of nitrogens with one attached hydrogen (secondary N) is 2. The summed E-state index contributed by atoms with van der Waals surface area (Å²) in [5.74, 6) is 0. The summed E-state index contributed by atoms with van der Waals surface area (Å²) in [5, 5.41) is 2.08. The number of benzene rings is 2. The number of carbonyl (C=O) groups is 1. The molecule has 2 aromatic carbocycles. The SMILES string of the molecule is COC(=O)N(c1ccc2[nH]ccc2c1)c1ccc2[nH]ccc2c1. The first kappa shape index (κ1) is 13.5. The molecule has 0 aliphatic heterocycles. The summed E-state index contributed by atoms with van der Waals surface area (Å²) in [7, 11) is 1.39. The van der Waals surface area contributed by atoms with Crippen LogP contribution >= 0.6 is 0 Å². The van der Waals surface area contributed by atoms with Crippen molar-refractivity contribution in [2.45, 2.75) is 0 Å². The van der Waals surface area contributed by atoms with Gasteiger partial charge in [0.15, 0.2) is 0 Å². The third kappa shape index (κ3) is 2.23. The van der Waals surface area contributed by atoms with E-state index in [0.29, 0.717) is 0 Å². The number of ether oxygens (including phenoxy) is 1. The molecule has 0 bridgehead atoms. The molecular formula is C18H15N3O2. The van der Waals surface area contributed by atoms with E-state index in [9.17, 15) is 4.79 Å². The largest absolute Gasteiger partial charge is 0.452 e. The van der Waals surface area contributed by atoms with Crippen LogP contribution in [0.2, 0.25) is 0 Å². The number of anilines is 2. The molecule has 2 aromatic heterocycles. The Morgan fingerprint density at radius 3 is 1.87 bits per heavy atom. The molecule has 4 rings (SSSR count). The van der Waals surface area contributed by atoms with Gasteiger partial charge in [-0.05, 0) is 48.5 Å². The molecule has 4 aromatic rings. The molecule has 5 nitrogen and oxygen atoms in total. The monoisotopic (exact) mass is 305 g/mol. The van der Waals surface area contributed by atoms with Crippen LogP contribution in [0.4, 0.5) is 16.2 Å². The van der Waals surface area contributed by atoms with E-state index in [1.54, 1.807) is 4.90 Å². The minimum atomic E-state index is -0.422. The van der Waals surface area contributed by atoms with Gasteiger partial charge in [0, 0.05) is 34.2 Å². The van der Waals surface area contributed by atoms with E-state index in [0.717, 1.165) is 33.2 Å². The van der Waals surface area contributed by atoms with Gasteiger partial charge in [0.1, 0.15) is 0 Å². The van der Waals surface area contributed by atoms with Crippen LogP contribution in [0, 0.1) is 0 Å². The lowest BCUT2D eigenvalue weighted by molar-refractivity contribution is 0.181. The van der Waals surface area contributed by atoms with Crippen molar-refractivity contribution in [3.05, 3.63) is 60.9 Å². The maximum Gasteiger partial charge on any atom is 0.418 e. The van der Waals surface area contributed by atoms with E-state index in [1.165, 1.54) is 7.11 Å². The van der Waals surface area contributed by atoms with Crippen LogP contribution < -0.4 is 4.90 Å². The Morgan fingerprint density at radius 2 is 1.39 bits per heavy atom. The summed E-state index contributed by atoms with van der Waals surface area (Å²) in [6.45, 7) is 0. The minimum Gasteiger partial charge on any atom is -0.452 e. The molecule has 114 valence electrons. The normalized spacial score (nSPS) is 11.0. The molecule has 2 heterocycles. The maximum atomic E-state index is 12.3. The second-order valence-electron chi connectivity index (χ2n) is 5.30. The van der Waals surface area contributed by atoms with Crippen LogP contribution in [-0.4, -0.2) is 23.2 Å². The zero-order valence-corrected chi connectivity index (χ0v) is 12.5. The van der Waals surface area contributed by atoms with Crippen molar-refractivity contribution in [3.8, 4) is 0 Å². The fourth-order valence-electron chi connectivity index (χ4n) is 2.81. The van der Waals surface area contributed by atoms with Gasteiger partial charge in [-0.15, -0.1) is 0 Å². The Balaban J connectivity index is 1.87. The number of hydrogen-bond acceptors (Lipinski definition) is 2. The first-order valence-electron chi connectivity index (χ1n) is 7.28. The Kier molecular flexibility index (Phi) is 3.05. The number of aromatic amines is 2. The second-order valence-corrected chi connectivity index (χ2v) is 5.30. The predicted molar refractivity (Wildman–Crippen MR) is 91.1 cm³/mol. The lowest BCUT2D eigenvalue weighted by Gasteiger charge is -2.21. The van der Waals surface area contributed by atoms with Crippen molar-refractivity contribution < 1.29 is 9.53 Å². The molecule has 5 heteroatoms. The summed E-state index contributed by atoms with van der Waals surface area (Å²) in [4.78, 5) is 20.2. The quantitative estimate of drug-likeness (QED) is 0.570. The predicted octanol–water partition coefficient (Wildman–Crippen LogP) is 4.55. The molecule has 0 aliphatic rings. The molecule has 2 N–H and O–H groups in total. The fourth-order valence-corrected chi connectivity index (χ4v) is 2.81. The van der Waals surface area contributed by atoms with Gasteiger partial charge in [0.2, 0.25) is 0 Å². The van der Waals surface area contributed by atoms with Gasteiger partial charge in [0.25, 0.3) is 0 Å². The average Bonchev–Trinajstić information content (AvgIpc) is 3.22. The highest BCUT2D eigenvalue weighted by Gasteiger charge is 2.19. The van der Waals surface area contributed by atoms with E-state index in [-0.39, 0.29) is 0 Å². The van der Waals surface area contributed by atoms with Gasteiger partial charge in [-0.25, -0.2) is 9.69 Å². The van der Waals surface area contributed by atoms with Crippen molar-refractivity contribution in [1.29, 1.82) is 0 Å². The number of aromatic nitrogens is 2. The number of methoxy groups -OCH3 is 1. The molecule has 1 amide bonds. The van der Waals surface area contributed by atoms with Gasteiger partial charge in [-0.2, -0.15) is 0 Å². The van der Waals surface area contributed by atoms with Crippen LogP contribution in [0.1, 0.15) is 0 Å². The highest BCUT2D eigenvalue weighted by Crippen LogP contribution is 2.31. The molecule has 0 spiro atoms. The van der Waals surface area contributed by atoms with Crippen LogP contribution in [0.15, 0.2) is 60.9 Å². The van der Waals surface area contributed by atoms with E-state index in [1.807, 2.05) is 60.9 Å². The van der Waals surface area contributed by atoms with Crippen molar-refractivity contribution >= 4 is 39.3 Å². The zero-order chi connectivity index (χ0) is 15.8. The Bertz CT molecular complexity index is 926. The topological polar surface area (TPSA) is 61.1 Å². The first-order chi connectivity index (χ1) is 11.3. The van der Waals surface area contributed by atoms with Crippen molar-refractivity contribution in [3.63, 3.8) is 0 Å². The van der Waals surface area contributed by atoms with Crippen LogP contribution in [0.3, 0.4) is 0 Å². The van der Waals surface area contributed by atoms with Gasteiger partial charge in [0.05, 0.1) is 18.5 Å². The fraction of sp³-hybridized carbons (Fsp3) is 0.0556. The Morgan fingerprint density at radius 1 is 0.870 bits per heavy atom. The molecule has 0 saturated heterocycles. The first-order valence-corrected chi connectivity index (χ1v) is 7.28. The van der Waals surface area contributed by atoms with Gasteiger partial charge < -0.3 is 14.7 Å². The molecule has 0 aliphatic carbocycles. The third-order valence-corrected chi connectivity index (χ3v) is 3.95. The summed E-state index contributed by atoms with van der Waals surface area (Å²) in [6, 6.07) is 15.6. The van der Waals surface area contributed by atoms with Crippen LogP contribution in [0.5, 0.6) is 0 Å². The van der Waals surface area contributed by atoms with E-state index >= 15 is 0 Å². The van der Waals surface area contributed by atoms with Crippen molar-refractivity contribution in [1.82, 2.24) is 9.97 Å². The van der Waals surface area contributed by atoms with Gasteiger partial charge in [-0.1, -0.05) is 0 Å². The van der Waals surface area contributed by atoms with E-state index in [4.69, 9.17) is 4.74 Å². The molecular weight excluding hydrogens is 290 g/mol. The molecule has 0 unspecified atom stereocenters. The molecule has 23 heavy (non-hydrogen) atoms. The lowest BCUT2D eigenvalue weighted by atomic mass is 10.2. The number of fused-ring (bicyclic) bond motifs is 2. The number of hydrogen-bond donors (Lipinski definition) is 2. The highest BCUT2D eigenvalue weighted by molar-refractivity contribution is 6.00. The number of H-pyrrole nitrogens is 2. The second kappa shape index (κ2) is 5.21. The van der Waals surface area contributed by atoms with Gasteiger partial charge in [-0.3, -0.25) is 0 Å². The van der Waals surface area contributed by atoms with Crippen LogP contribution in [-0.2, 0) is 4.74 Å². The summed E-state index contributed by atoms with van der Waals surface area (Å²) >= 11 is 0. The Hall–Kier alpha value is -3.21. The smallest absolute Gasteiger partial charge is 0.418 e. The Labute approximate surface area is 132 Å². The average molecular weight is 305 g/mol. The summed E-state index contributed by atoms with van der Waals surface area (Å²) < 4.78 is 4.98. The number of amides is 1. The van der Waals surface area contributed by atoms with Gasteiger partial charge >= 0.3 is 6.09 Å². The lowest BCUT2D eigenvalue weighted by Crippen LogP contribution is -2.25. The standard InChI is InChI=1S/C18H15N3O2/c1-23-18(22)21(14-2-4-16-12(10-14)6-8-19-16)15-3-5-17-13(11-15)7-9-20-17/h2-11,19-20H,1H3.